The van der Waals surface area contributed by atoms with E-state index in [1.54, 1.807) is 24.3 Å². The van der Waals surface area contributed by atoms with Gasteiger partial charge in [0.05, 0.1) is 11.3 Å². The van der Waals surface area contributed by atoms with Crippen LogP contribution in [0.3, 0.4) is 0 Å². The first kappa shape index (κ1) is 18.4. The molecule has 0 aliphatic carbocycles. The number of carbonyl (C=O) groups is 1. The molecule has 1 amide bonds. The van der Waals surface area contributed by atoms with Crippen LogP contribution in [0.5, 0.6) is 5.75 Å². The average molecular weight is 378 g/mol. The smallest absolute Gasteiger partial charge is 0.418 e. The van der Waals surface area contributed by atoms with Gasteiger partial charge >= 0.3 is 6.18 Å². The molecule has 0 heterocycles. The molecule has 2 aromatic carbocycles. The third kappa shape index (κ3) is 4.79. The average Bonchev–Trinajstić information content (AvgIpc) is 2.50. The van der Waals surface area contributed by atoms with Crippen molar-refractivity contribution in [3.8, 4) is 5.75 Å². The molecule has 0 saturated heterocycles. The third-order valence-electron chi connectivity index (χ3n) is 3.04. The topological polar surface area (TPSA) is 38.3 Å². The largest absolute Gasteiger partial charge is 0.481 e. The van der Waals surface area contributed by atoms with Crippen molar-refractivity contribution in [1.29, 1.82) is 0 Å². The Morgan fingerprint density at radius 2 is 1.67 bits per heavy atom. The van der Waals surface area contributed by atoms with Crippen molar-refractivity contribution in [2.75, 3.05) is 5.32 Å². The normalized spacial score (nSPS) is 12.6. The van der Waals surface area contributed by atoms with Crippen molar-refractivity contribution in [2.45, 2.75) is 19.2 Å². The van der Waals surface area contributed by atoms with E-state index in [0.29, 0.717) is 10.8 Å². The van der Waals surface area contributed by atoms with E-state index in [9.17, 15) is 18.0 Å². The fourth-order valence-electron chi connectivity index (χ4n) is 1.87. The predicted molar refractivity (Wildman–Crippen MR) is 86.6 cm³/mol. The molecule has 128 valence electrons. The van der Waals surface area contributed by atoms with Gasteiger partial charge in [-0.3, -0.25) is 4.79 Å². The second kappa shape index (κ2) is 7.32. The van der Waals surface area contributed by atoms with E-state index in [-0.39, 0.29) is 10.7 Å². The monoisotopic (exact) mass is 377 g/mol. The zero-order valence-electron chi connectivity index (χ0n) is 12.3. The molecule has 3 nitrogen and oxygen atoms in total. The molecule has 2 rings (SSSR count). The van der Waals surface area contributed by atoms with Crippen molar-refractivity contribution in [2.24, 2.45) is 0 Å². The van der Waals surface area contributed by atoms with Crippen LogP contribution in [-0.4, -0.2) is 12.0 Å². The number of nitrogens with one attached hydrogen (secondary N) is 1. The van der Waals surface area contributed by atoms with Gasteiger partial charge in [0.25, 0.3) is 5.91 Å². The van der Waals surface area contributed by atoms with Crippen LogP contribution in [0.2, 0.25) is 10.0 Å². The number of anilines is 1. The molecule has 0 fully saturated rings. The zero-order chi connectivity index (χ0) is 17.9. The van der Waals surface area contributed by atoms with Gasteiger partial charge in [-0.15, -0.1) is 0 Å². The van der Waals surface area contributed by atoms with E-state index in [4.69, 9.17) is 27.9 Å². The highest BCUT2D eigenvalue weighted by atomic mass is 35.5. The van der Waals surface area contributed by atoms with Crippen LogP contribution in [0.1, 0.15) is 12.5 Å². The van der Waals surface area contributed by atoms with E-state index < -0.39 is 23.8 Å². The van der Waals surface area contributed by atoms with Crippen molar-refractivity contribution in [1.82, 2.24) is 0 Å². The molecule has 0 saturated carbocycles. The first-order chi connectivity index (χ1) is 11.2. The maximum absolute atomic E-state index is 13.0. The van der Waals surface area contributed by atoms with Gasteiger partial charge in [0.2, 0.25) is 0 Å². The molecule has 8 heteroatoms. The maximum atomic E-state index is 13.0. The lowest BCUT2D eigenvalue weighted by Gasteiger charge is -2.18. The maximum Gasteiger partial charge on any atom is 0.418 e. The van der Waals surface area contributed by atoms with Crippen LogP contribution in [-0.2, 0) is 11.0 Å². The summed E-state index contributed by atoms with van der Waals surface area (Å²) in [5.74, 6) is -0.355. The number of rotatable bonds is 4. The lowest BCUT2D eigenvalue weighted by molar-refractivity contribution is -0.137. The van der Waals surface area contributed by atoms with E-state index in [1.807, 2.05) is 0 Å². The highest BCUT2D eigenvalue weighted by Gasteiger charge is 2.34. The number of hydrogen-bond donors (Lipinski definition) is 1. The minimum absolute atomic E-state index is 0.0780. The Balaban J connectivity index is 2.13. The van der Waals surface area contributed by atoms with E-state index in [1.165, 1.54) is 13.0 Å². The minimum atomic E-state index is -4.65. The van der Waals surface area contributed by atoms with Crippen LogP contribution in [0.25, 0.3) is 0 Å². The number of amides is 1. The van der Waals surface area contributed by atoms with Crippen LogP contribution in [0, 0.1) is 0 Å². The first-order valence-electron chi connectivity index (χ1n) is 6.76. The SMILES string of the molecule is C[C@@H](Oc1ccc(Cl)cc1)C(=O)Nc1ccc(Cl)cc1C(F)(F)F. The molecule has 0 spiro atoms. The molecular formula is C16H12Cl2F3NO2. The van der Waals surface area contributed by atoms with Crippen molar-refractivity contribution in [3.63, 3.8) is 0 Å². The number of halogens is 5. The Bertz CT molecular complexity index is 733. The van der Waals surface area contributed by atoms with E-state index in [2.05, 4.69) is 5.32 Å². The highest BCUT2D eigenvalue weighted by molar-refractivity contribution is 6.31. The molecule has 0 radical (unpaired) electrons. The summed E-state index contributed by atoms with van der Waals surface area (Å²) in [6, 6.07) is 9.35. The van der Waals surface area contributed by atoms with Gasteiger partial charge in [-0.2, -0.15) is 13.2 Å². The lowest BCUT2D eigenvalue weighted by atomic mass is 10.1. The summed E-state index contributed by atoms with van der Waals surface area (Å²) >= 11 is 11.3. The Labute approximate surface area is 146 Å². The second-order valence-corrected chi connectivity index (χ2v) is 5.76. The summed E-state index contributed by atoms with van der Waals surface area (Å²) in [5, 5.41) is 2.62. The molecule has 2 aromatic rings. The van der Waals surface area contributed by atoms with Crippen LogP contribution in [0.15, 0.2) is 42.5 Å². The van der Waals surface area contributed by atoms with Gasteiger partial charge in [-0.1, -0.05) is 23.2 Å². The Kier molecular flexibility index (Phi) is 5.62. The van der Waals surface area contributed by atoms with Crippen molar-refractivity contribution >= 4 is 34.8 Å². The van der Waals surface area contributed by atoms with Crippen molar-refractivity contribution in [3.05, 3.63) is 58.1 Å². The van der Waals surface area contributed by atoms with Gasteiger partial charge in [-0.25, -0.2) is 0 Å². The van der Waals surface area contributed by atoms with Gasteiger partial charge in [-0.05, 0) is 49.4 Å². The van der Waals surface area contributed by atoms with Crippen LogP contribution >= 0.6 is 23.2 Å². The van der Waals surface area contributed by atoms with Gasteiger partial charge in [0, 0.05) is 10.0 Å². The fourth-order valence-corrected chi connectivity index (χ4v) is 2.16. The summed E-state index contributed by atoms with van der Waals surface area (Å²) in [6.45, 7) is 1.42. The summed E-state index contributed by atoms with van der Waals surface area (Å²) in [6.07, 6.45) is -5.66. The standard InChI is InChI=1S/C16H12Cl2F3NO2/c1-9(24-12-5-2-10(17)3-6-12)15(23)22-14-7-4-11(18)8-13(14)16(19,20)21/h2-9H,1H3,(H,22,23)/t9-/m1/s1. The molecule has 0 bridgehead atoms. The van der Waals surface area contributed by atoms with Crippen LogP contribution < -0.4 is 10.1 Å². The van der Waals surface area contributed by atoms with Crippen molar-refractivity contribution < 1.29 is 22.7 Å². The molecule has 0 aliphatic heterocycles. The van der Waals surface area contributed by atoms with E-state index in [0.717, 1.165) is 12.1 Å². The van der Waals surface area contributed by atoms with Crippen LogP contribution in [0.4, 0.5) is 18.9 Å². The lowest BCUT2D eigenvalue weighted by Crippen LogP contribution is -2.31. The molecule has 0 unspecified atom stereocenters. The Morgan fingerprint density at radius 3 is 2.25 bits per heavy atom. The van der Waals surface area contributed by atoms with Gasteiger partial charge in [0.1, 0.15) is 5.75 Å². The molecule has 24 heavy (non-hydrogen) atoms. The summed E-state index contributed by atoms with van der Waals surface area (Å²) in [4.78, 5) is 12.1. The van der Waals surface area contributed by atoms with Gasteiger partial charge < -0.3 is 10.1 Å². The number of ether oxygens (including phenoxy) is 1. The fraction of sp³-hybridized carbons (Fsp3) is 0.188. The number of alkyl halides is 3. The van der Waals surface area contributed by atoms with Gasteiger partial charge in [0.15, 0.2) is 6.10 Å². The minimum Gasteiger partial charge on any atom is -0.481 e. The second-order valence-electron chi connectivity index (χ2n) is 4.89. The molecule has 1 atom stereocenters. The first-order valence-corrected chi connectivity index (χ1v) is 7.52. The zero-order valence-corrected chi connectivity index (χ0v) is 13.8. The predicted octanol–water partition coefficient (Wildman–Crippen LogP) is 5.42. The summed E-state index contributed by atoms with van der Waals surface area (Å²) < 4.78 is 44.4. The number of carbonyl (C=O) groups excluding carboxylic acids is 1. The summed E-state index contributed by atoms with van der Waals surface area (Å²) in [7, 11) is 0. The van der Waals surface area contributed by atoms with E-state index >= 15 is 0 Å². The summed E-state index contributed by atoms with van der Waals surface area (Å²) in [5.41, 5.74) is -1.41. The molecule has 1 N–H and O–H groups in total. The number of benzene rings is 2. The molecule has 0 aliphatic rings. The molecular weight excluding hydrogens is 366 g/mol. The third-order valence-corrected chi connectivity index (χ3v) is 3.53. The Morgan fingerprint density at radius 1 is 1.08 bits per heavy atom. The Hall–Kier alpha value is -1.92. The highest BCUT2D eigenvalue weighted by Crippen LogP contribution is 2.36. The quantitative estimate of drug-likeness (QED) is 0.772. The number of hydrogen-bond acceptors (Lipinski definition) is 2. The molecule has 0 aromatic heterocycles.